The normalized spacial score (nSPS) is 20.5. The summed E-state index contributed by atoms with van der Waals surface area (Å²) in [4.78, 5) is 31.8. The van der Waals surface area contributed by atoms with Gasteiger partial charge in [-0.1, -0.05) is 6.07 Å². The lowest BCUT2D eigenvalue weighted by atomic mass is 10.2. The van der Waals surface area contributed by atoms with Crippen molar-refractivity contribution >= 4 is 34.0 Å². The molecule has 3 aromatic rings. The second-order valence-electron chi connectivity index (χ2n) is 6.18. The molecule has 1 aromatic carbocycles. The van der Waals surface area contributed by atoms with Gasteiger partial charge in [0.05, 0.1) is 22.5 Å². The first kappa shape index (κ1) is 15.2. The summed E-state index contributed by atoms with van der Waals surface area (Å²) >= 11 is 1.77. The van der Waals surface area contributed by atoms with Gasteiger partial charge in [0, 0.05) is 18.5 Å². The first-order valence-electron chi connectivity index (χ1n) is 8.09. The van der Waals surface area contributed by atoms with Crippen LogP contribution >= 0.6 is 11.3 Å². The van der Waals surface area contributed by atoms with Crippen LogP contribution in [0, 0.1) is 0 Å². The maximum atomic E-state index is 12.4. The summed E-state index contributed by atoms with van der Waals surface area (Å²) in [6.07, 6.45) is 2.29. The van der Waals surface area contributed by atoms with Crippen molar-refractivity contribution in [1.82, 2.24) is 9.97 Å². The summed E-state index contributed by atoms with van der Waals surface area (Å²) in [5.74, 6) is 0.00527. The lowest BCUT2D eigenvalue weighted by Gasteiger charge is -2.20. The van der Waals surface area contributed by atoms with Gasteiger partial charge in [-0.3, -0.25) is 4.79 Å². The number of thiophene rings is 1. The largest absolute Gasteiger partial charge is 0.323 e. The number of aromatic nitrogens is 2. The van der Waals surface area contributed by atoms with Crippen molar-refractivity contribution in [3.05, 3.63) is 51.1 Å². The van der Waals surface area contributed by atoms with Gasteiger partial charge in [-0.05, 0) is 29.6 Å². The number of quaternary nitrogens is 1. The van der Waals surface area contributed by atoms with Crippen molar-refractivity contribution in [3.8, 4) is 0 Å². The van der Waals surface area contributed by atoms with E-state index >= 15 is 0 Å². The van der Waals surface area contributed by atoms with Crippen LogP contribution in [0.5, 0.6) is 0 Å². The zero-order valence-electron chi connectivity index (χ0n) is 13.1. The van der Waals surface area contributed by atoms with Gasteiger partial charge >= 0.3 is 5.69 Å². The molecule has 4 rings (SSSR count). The molecule has 0 bridgehead atoms. The molecule has 0 radical (unpaired) electrons. The fraction of sp³-hybridized carbons (Fsp3) is 0.294. The number of carbonyl (C=O) groups excluding carboxylic acids is 1. The number of benzene rings is 1. The Labute approximate surface area is 142 Å². The van der Waals surface area contributed by atoms with E-state index in [1.54, 1.807) is 29.5 Å². The topological polar surface area (TPSA) is 82.2 Å². The zero-order chi connectivity index (χ0) is 16.5. The van der Waals surface area contributed by atoms with Crippen molar-refractivity contribution in [2.75, 3.05) is 18.4 Å². The molecular formula is C17H19N4O2S+. The standard InChI is InChI=1S/C17H18N4O2S/c22-16(10-21-7-1-3-14(21)15-4-2-8-24-15)18-11-5-6-12-13(9-11)20-17(23)19-12/h2,4-6,8-9,14H,1,3,7,10H2,(H,18,22)(H2,19,20,23)/p+1/t14-/m0/s1. The molecule has 1 aliphatic heterocycles. The van der Waals surface area contributed by atoms with Crippen LogP contribution in [-0.2, 0) is 4.79 Å². The average Bonchev–Trinajstić information content (AvgIpc) is 3.25. The number of imidazole rings is 1. The first-order chi connectivity index (χ1) is 11.7. The van der Waals surface area contributed by atoms with Crippen LogP contribution in [0.2, 0.25) is 0 Å². The number of amides is 1. The minimum absolute atomic E-state index is 0.00527. The van der Waals surface area contributed by atoms with E-state index in [9.17, 15) is 9.59 Å². The Morgan fingerprint density at radius 3 is 3.00 bits per heavy atom. The molecule has 7 heteroatoms. The highest BCUT2D eigenvalue weighted by Gasteiger charge is 2.32. The number of aromatic amines is 2. The number of fused-ring (bicyclic) bond motifs is 1. The highest BCUT2D eigenvalue weighted by molar-refractivity contribution is 7.10. The molecule has 1 saturated heterocycles. The van der Waals surface area contributed by atoms with Crippen molar-refractivity contribution in [2.24, 2.45) is 0 Å². The Bertz CT molecular complexity index is 912. The maximum Gasteiger partial charge on any atom is 0.323 e. The Morgan fingerprint density at radius 2 is 2.17 bits per heavy atom. The molecule has 2 atom stereocenters. The number of likely N-dealkylation sites (tertiary alicyclic amines) is 1. The SMILES string of the molecule is O=C(C[NH+]1CCC[C@H]1c1cccs1)Nc1ccc2[nH]c(=O)[nH]c2c1. The molecular weight excluding hydrogens is 324 g/mol. The Hall–Kier alpha value is -2.38. The summed E-state index contributed by atoms with van der Waals surface area (Å²) in [6, 6.07) is 10.0. The summed E-state index contributed by atoms with van der Waals surface area (Å²) in [5.41, 5.74) is 1.89. The fourth-order valence-electron chi connectivity index (χ4n) is 3.48. The van der Waals surface area contributed by atoms with Crippen molar-refractivity contribution < 1.29 is 9.69 Å². The van der Waals surface area contributed by atoms with Gasteiger partial charge in [-0.2, -0.15) is 0 Å². The predicted octanol–water partition coefficient (Wildman–Crippen LogP) is 1.28. The van der Waals surface area contributed by atoms with Crippen LogP contribution in [0.4, 0.5) is 5.69 Å². The third-order valence-corrected chi connectivity index (χ3v) is 5.54. The third kappa shape index (κ3) is 3.00. The van der Waals surface area contributed by atoms with Crippen molar-refractivity contribution in [2.45, 2.75) is 18.9 Å². The molecule has 24 heavy (non-hydrogen) atoms. The van der Waals surface area contributed by atoms with Crippen LogP contribution in [0.3, 0.4) is 0 Å². The summed E-state index contributed by atoms with van der Waals surface area (Å²) in [5, 5.41) is 5.04. The summed E-state index contributed by atoms with van der Waals surface area (Å²) in [6.45, 7) is 1.49. The van der Waals surface area contributed by atoms with E-state index in [2.05, 4.69) is 32.8 Å². The second kappa shape index (κ2) is 6.26. The number of carbonyl (C=O) groups is 1. The number of hydrogen-bond donors (Lipinski definition) is 4. The molecule has 0 aliphatic carbocycles. The van der Waals surface area contributed by atoms with Gasteiger partial charge in [0.1, 0.15) is 6.04 Å². The highest BCUT2D eigenvalue weighted by atomic mass is 32.1. The minimum Gasteiger partial charge on any atom is -0.321 e. The lowest BCUT2D eigenvalue weighted by molar-refractivity contribution is -0.910. The molecule has 1 fully saturated rings. The Morgan fingerprint density at radius 1 is 1.29 bits per heavy atom. The maximum absolute atomic E-state index is 12.4. The lowest BCUT2D eigenvalue weighted by Crippen LogP contribution is -3.11. The van der Waals surface area contributed by atoms with Crippen molar-refractivity contribution in [3.63, 3.8) is 0 Å². The average molecular weight is 343 g/mol. The van der Waals surface area contributed by atoms with Gasteiger partial charge in [-0.15, -0.1) is 11.3 Å². The van der Waals surface area contributed by atoms with E-state index in [0.717, 1.165) is 24.9 Å². The van der Waals surface area contributed by atoms with E-state index < -0.39 is 0 Å². The predicted molar refractivity (Wildman–Crippen MR) is 94.5 cm³/mol. The first-order valence-corrected chi connectivity index (χ1v) is 8.97. The van der Waals surface area contributed by atoms with Crippen LogP contribution < -0.4 is 15.9 Å². The molecule has 1 aliphatic rings. The number of rotatable bonds is 4. The van der Waals surface area contributed by atoms with Crippen molar-refractivity contribution in [1.29, 1.82) is 0 Å². The smallest absolute Gasteiger partial charge is 0.321 e. The van der Waals surface area contributed by atoms with E-state index in [4.69, 9.17) is 0 Å². The van der Waals surface area contributed by atoms with Crippen LogP contribution in [-0.4, -0.2) is 29.0 Å². The van der Waals surface area contributed by atoms with E-state index in [1.807, 2.05) is 0 Å². The van der Waals surface area contributed by atoms with Gasteiger partial charge in [-0.25, -0.2) is 4.79 Å². The molecule has 2 aromatic heterocycles. The van der Waals surface area contributed by atoms with Crippen LogP contribution in [0.1, 0.15) is 23.8 Å². The van der Waals surface area contributed by atoms with E-state index in [0.29, 0.717) is 23.8 Å². The third-order valence-electron chi connectivity index (χ3n) is 4.56. The number of H-pyrrole nitrogens is 2. The Balaban J connectivity index is 1.44. The molecule has 6 nitrogen and oxygen atoms in total. The number of hydrogen-bond acceptors (Lipinski definition) is 3. The number of anilines is 1. The minimum atomic E-state index is -0.242. The quantitative estimate of drug-likeness (QED) is 0.575. The molecule has 1 amide bonds. The van der Waals surface area contributed by atoms with Gasteiger partial charge in [0.2, 0.25) is 0 Å². The molecule has 0 spiro atoms. The van der Waals surface area contributed by atoms with Crippen LogP contribution in [0.25, 0.3) is 11.0 Å². The second-order valence-corrected chi connectivity index (χ2v) is 7.16. The summed E-state index contributed by atoms with van der Waals surface area (Å²) in [7, 11) is 0. The molecule has 4 N–H and O–H groups in total. The Kier molecular flexibility index (Phi) is 3.95. The highest BCUT2D eigenvalue weighted by Crippen LogP contribution is 2.23. The van der Waals surface area contributed by atoms with Crippen LogP contribution in [0.15, 0.2) is 40.5 Å². The molecule has 1 unspecified atom stereocenters. The molecule has 124 valence electrons. The van der Waals surface area contributed by atoms with Gasteiger partial charge < -0.3 is 20.2 Å². The monoisotopic (exact) mass is 343 g/mol. The van der Waals surface area contributed by atoms with E-state index in [1.165, 1.54) is 9.78 Å². The van der Waals surface area contributed by atoms with E-state index in [-0.39, 0.29) is 11.6 Å². The zero-order valence-corrected chi connectivity index (χ0v) is 13.9. The fourth-order valence-corrected chi connectivity index (χ4v) is 4.40. The van der Waals surface area contributed by atoms with Gasteiger partial charge in [0.15, 0.2) is 6.54 Å². The number of nitrogens with one attached hydrogen (secondary N) is 4. The van der Waals surface area contributed by atoms with Gasteiger partial charge in [0.25, 0.3) is 5.91 Å². The molecule has 0 saturated carbocycles. The summed E-state index contributed by atoms with van der Waals surface area (Å²) < 4.78 is 0. The molecule has 3 heterocycles.